The second-order valence-electron chi connectivity index (χ2n) is 4.22. The summed E-state index contributed by atoms with van der Waals surface area (Å²) in [4.78, 5) is 36.4. The first-order valence-corrected chi connectivity index (χ1v) is 5.49. The highest BCUT2D eigenvalue weighted by Crippen LogP contribution is 2.24. The fourth-order valence-corrected chi connectivity index (χ4v) is 2.26. The molecule has 1 aliphatic carbocycles. The number of ketones is 2. The molecule has 4 heteroatoms. The summed E-state index contributed by atoms with van der Waals surface area (Å²) in [5.41, 5.74) is 0.403. The molecular formula is C14H9NO3. The van der Waals surface area contributed by atoms with E-state index in [9.17, 15) is 14.4 Å². The Morgan fingerprint density at radius 2 is 1.50 bits per heavy atom. The molecule has 0 radical (unpaired) electrons. The second kappa shape index (κ2) is 3.50. The van der Waals surface area contributed by atoms with Crippen molar-refractivity contribution in [2.75, 3.05) is 0 Å². The molecule has 1 aromatic heterocycles. The quantitative estimate of drug-likeness (QED) is 0.591. The van der Waals surface area contributed by atoms with Crippen LogP contribution in [0.1, 0.15) is 32.0 Å². The molecule has 0 aliphatic heterocycles. The minimum atomic E-state index is -0.407. The zero-order chi connectivity index (χ0) is 12.9. The van der Waals surface area contributed by atoms with E-state index < -0.39 is 5.43 Å². The van der Waals surface area contributed by atoms with Crippen molar-refractivity contribution in [2.45, 2.75) is 0 Å². The lowest BCUT2D eigenvalue weighted by atomic mass is 9.86. The van der Waals surface area contributed by atoms with Gasteiger partial charge in [0.1, 0.15) is 5.69 Å². The molecule has 0 unspecified atom stereocenters. The molecule has 88 valence electrons. The van der Waals surface area contributed by atoms with E-state index in [1.807, 2.05) is 0 Å². The van der Waals surface area contributed by atoms with Crippen molar-refractivity contribution in [3.63, 3.8) is 0 Å². The van der Waals surface area contributed by atoms with Gasteiger partial charge >= 0.3 is 0 Å². The van der Waals surface area contributed by atoms with Crippen LogP contribution in [0.3, 0.4) is 0 Å². The van der Waals surface area contributed by atoms with Crippen molar-refractivity contribution in [2.24, 2.45) is 7.05 Å². The number of nitrogens with zero attached hydrogens (tertiary/aromatic N) is 1. The van der Waals surface area contributed by atoms with E-state index in [1.165, 1.54) is 16.8 Å². The molecule has 0 saturated carbocycles. The maximum atomic E-state index is 12.3. The van der Waals surface area contributed by atoms with Gasteiger partial charge < -0.3 is 4.57 Å². The summed E-state index contributed by atoms with van der Waals surface area (Å²) in [5.74, 6) is -0.651. The molecule has 0 saturated heterocycles. The molecule has 0 bridgehead atoms. The van der Waals surface area contributed by atoms with E-state index >= 15 is 0 Å². The van der Waals surface area contributed by atoms with Crippen molar-refractivity contribution in [1.82, 2.24) is 4.57 Å². The lowest BCUT2D eigenvalue weighted by Gasteiger charge is -2.18. The Bertz CT molecular complexity index is 756. The van der Waals surface area contributed by atoms with Crippen LogP contribution in [0.15, 0.2) is 41.3 Å². The van der Waals surface area contributed by atoms with E-state index in [4.69, 9.17) is 0 Å². The molecule has 0 spiro atoms. The fraction of sp³-hybridized carbons (Fsp3) is 0.0714. The molecule has 18 heavy (non-hydrogen) atoms. The number of benzene rings is 1. The van der Waals surface area contributed by atoms with Crippen LogP contribution in [0, 0.1) is 0 Å². The Morgan fingerprint density at radius 3 is 2.17 bits per heavy atom. The number of carbonyl (C=O) groups excluding carboxylic acids is 2. The van der Waals surface area contributed by atoms with E-state index in [-0.39, 0.29) is 22.8 Å². The number of fused-ring (bicyclic) bond motifs is 2. The van der Waals surface area contributed by atoms with E-state index in [0.29, 0.717) is 11.1 Å². The van der Waals surface area contributed by atoms with Crippen LogP contribution < -0.4 is 5.43 Å². The number of hydrogen-bond acceptors (Lipinski definition) is 3. The lowest BCUT2D eigenvalue weighted by Crippen LogP contribution is -2.31. The fourth-order valence-electron chi connectivity index (χ4n) is 2.26. The summed E-state index contributed by atoms with van der Waals surface area (Å²) in [5, 5.41) is 0. The highest BCUT2D eigenvalue weighted by molar-refractivity contribution is 6.27. The van der Waals surface area contributed by atoms with Gasteiger partial charge in [-0.3, -0.25) is 14.4 Å². The summed E-state index contributed by atoms with van der Waals surface area (Å²) in [6.45, 7) is 0. The summed E-state index contributed by atoms with van der Waals surface area (Å²) < 4.78 is 1.52. The molecule has 1 aromatic carbocycles. The van der Waals surface area contributed by atoms with Crippen LogP contribution in [0.5, 0.6) is 0 Å². The van der Waals surface area contributed by atoms with Gasteiger partial charge in [-0.1, -0.05) is 24.3 Å². The van der Waals surface area contributed by atoms with Gasteiger partial charge in [0.05, 0.1) is 5.56 Å². The normalized spacial score (nSPS) is 13.2. The van der Waals surface area contributed by atoms with Crippen LogP contribution in [-0.2, 0) is 7.05 Å². The van der Waals surface area contributed by atoms with Gasteiger partial charge in [0, 0.05) is 30.4 Å². The number of hydrogen-bond donors (Lipinski definition) is 0. The van der Waals surface area contributed by atoms with Crippen molar-refractivity contribution in [3.8, 4) is 0 Å². The van der Waals surface area contributed by atoms with Gasteiger partial charge in [0.15, 0.2) is 11.2 Å². The van der Waals surface area contributed by atoms with Crippen LogP contribution in [0.2, 0.25) is 0 Å². The zero-order valence-corrected chi connectivity index (χ0v) is 9.64. The first-order chi connectivity index (χ1) is 8.61. The van der Waals surface area contributed by atoms with Gasteiger partial charge in [-0.25, -0.2) is 0 Å². The van der Waals surface area contributed by atoms with Crippen molar-refractivity contribution >= 4 is 11.6 Å². The summed E-state index contributed by atoms with van der Waals surface area (Å²) >= 11 is 0. The smallest absolute Gasteiger partial charge is 0.211 e. The largest absolute Gasteiger partial charge is 0.347 e. The summed E-state index contributed by atoms with van der Waals surface area (Å²) in [6.07, 6.45) is 1.50. The SMILES string of the molecule is Cn1ccc(=O)c2c1C(=O)c1ccccc1C2=O. The first-order valence-electron chi connectivity index (χ1n) is 5.49. The molecule has 3 rings (SSSR count). The maximum absolute atomic E-state index is 12.3. The van der Waals surface area contributed by atoms with E-state index in [2.05, 4.69) is 0 Å². The lowest BCUT2D eigenvalue weighted by molar-refractivity contribution is 0.0971. The zero-order valence-electron chi connectivity index (χ0n) is 9.64. The maximum Gasteiger partial charge on any atom is 0.211 e. The molecule has 0 atom stereocenters. The Labute approximate surface area is 102 Å². The van der Waals surface area contributed by atoms with Crippen LogP contribution in [0.25, 0.3) is 0 Å². The van der Waals surface area contributed by atoms with Crippen LogP contribution >= 0.6 is 0 Å². The van der Waals surface area contributed by atoms with Gasteiger partial charge in [-0.2, -0.15) is 0 Å². The highest BCUT2D eigenvalue weighted by atomic mass is 16.1. The minimum Gasteiger partial charge on any atom is -0.347 e. The van der Waals surface area contributed by atoms with Gasteiger partial charge in [-0.15, -0.1) is 0 Å². The van der Waals surface area contributed by atoms with Gasteiger partial charge in [-0.05, 0) is 0 Å². The molecule has 1 aliphatic rings. The minimum absolute atomic E-state index is 0.0244. The monoisotopic (exact) mass is 239 g/mol. The Morgan fingerprint density at radius 1 is 0.889 bits per heavy atom. The van der Waals surface area contributed by atoms with E-state index in [1.54, 1.807) is 31.3 Å². The number of aryl methyl sites for hydroxylation is 1. The van der Waals surface area contributed by atoms with Crippen molar-refractivity contribution in [1.29, 1.82) is 0 Å². The number of carbonyl (C=O) groups is 2. The Balaban J connectivity index is 2.45. The van der Waals surface area contributed by atoms with E-state index in [0.717, 1.165) is 0 Å². The third-order valence-electron chi connectivity index (χ3n) is 3.14. The summed E-state index contributed by atoms with van der Waals surface area (Å²) in [7, 11) is 1.65. The number of rotatable bonds is 0. The van der Waals surface area contributed by atoms with Crippen LogP contribution in [-0.4, -0.2) is 16.1 Å². The van der Waals surface area contributed by atoms with Crippen LogP contribution in [0.4, 0.5) is 0 Å². The predicted molar refractivity (Wildman–Crippen MR) is 65.0 cm³/mol. The standard InChI is InChI=1S/C14H9NO3/c1-15-7-6-10(16)11-12(15)14(18)9-5-3-2-4-8(9)13(11)17/h2-7H,1H3. The van der Waals surface area contributed by atoms with Gasteiger partial charge in [0.2, 0.25) is 5.78 Å². The average molecular weight is 239 g/mol. The second-order valence-corrected chi connectivity index (χ2v) is 4.22. The number of aromatic nitrogens is 1. The Hall–Kier alpha value is -2.49. The van der Waals surface area contributed by atoms with Crippen molar-refractivity contribution in [3.05, 3.63) is 69.1 Å². The molecule has 2 aromatic rings. The van der Waals surface area contributed by atoms with Crippen molar-refractivity contribution < 1.29 is 9.59 Å². The average Bonchev–Trinajstić information content (AvgIpc) is 2.38. The predicted octanol–water partition coefficient (Wildman–Crippen LogP) is 1.16. The first kappa shape index (κ1) is 10.7. The molecule has 4 nitrogen and oxygen atoms in total. The summed E-state index contributed by atoms with van der Waals surface area (Å²) in [6, 6.07) is 7.87. The topological polar surface area (TPSA) is 56.1 Å². The van der Waals surface area contributed by atoms with Gasteiger partial charge in [0.25, 0.3) is 0 Å². The Kier molecular flexibility index (Phi) is 2.07. The molecule has 0 amide bonds. The molecular weight excluding hydrogens is 230 g/mol. The molecule has 0 N–H and O–H groups in total. The highest BCUT2D eigenvalue weighted by Gasteiger charge is 2.32. The number of pyridine rings is 1. The third kappa shape index (κ3) is 1.23. The third-order valence-corrected chi connectivity index (χ3v) is 3.14. The molecule has 0 fully saturated rings. The molecule has 1 heterocycles.